The molecule has 27 heavy (non-hydrogen) atoms. The summed E-state index contributed by atoms with van der Waals surface area (Å²) in [7, 11) is 1.76. The summed E-state index contributed by atoms with van der Waals surface area (Å²) in [5, 5.41) is 2.87. The minimum atomic E-state index is -0.235. The predicted octanol–water partition coefficient (Wildman–Crippen LogP) is 4.52. The van der Waals surface area contributed by atoms with E-state index >= 15 is 0 Å². The largest absolute Gasteiger partial charge is 0.337 e. The molecular weight excluding hydrogens is 336 g/mol. The second-order valence-corrected chi connectivity index (χ2v) is 6.55. The lowest BCUT2D eigenvalue weighted by Crippen LogP contribution is -2.26. The Hall–Kier alpha value is -3.40. The van der Waals surface area contributed by atoms with Crippen molar-refractivity contribution in [3.8, 4) is 0 Å². The number of anilines is 1. The van der Waals surface area contributed by atoms with Crippen molar-refractivity contribution in [2.45, 2.75) is 13.5 Å². The summed E-state index contributed by atoms with van der Waals surface area (Å²) in [5.74, 6) is -0.356. The van der Waals surface area contributed by atoms with Crippen molar-refractivity contribution in [3.05, 3.63) is 101 Å². The van der Waals surface area contributed by atoms with Crippen LogP contribution >= 0.6 is 0 Å². The molecule has 0 saturated heterocycles. The SMILES string of the molecule is Cc1cccc(NC(=O)c2cccc(C(=O)N(C)Cc3ccccc3)c2)c1. The normalized spacial score (nSPS) is 10.3. The van der Waals surface area contributed by atoms with Gasteiger partial charge in [0.15, 0.2) is 0 Å². The molecule has 0 spiro atoms. The molecule has 4 heteroatoms. The van der Waals surface area contributed by atoms with Crippen molar-refractivity contribution >= 4 is 17.5 Å². The molecule has 0 radical (unpaired) electrons. The van der Waals surface area contributed by atoms with Gasteiger partial charge >= 0.3 is 0 Å². The molecule has 4 nitrogen and oxygen atoms in total. The highest BCUT2D eigenvalue weighted by Crippen LogP contribution is 2.14. The van der Waals surface area contributed by atoms with E-state index in [9.17, 15) is 9.59 Å². The number of aryl methyl sites for hydroxylation is 1. The van der Waals surface area contributed by atoms with Crippen LogP contribution in [0.1, 0.15) is 31.8 Å². The molecular formula is C23H22N2O2. The molecule has 1 N–H and O–H groups in total. The Morgan fingerprint density at radius 1 is 0.852 bits per heavy atom. The van der Waals surface area contributed by atoms with E-state index in [-0.39, 0.29) is 11.8 Å². The number of nitrogens with one attached hydrogen (secondary N) is 1. The van der Waals surface area contributed by atoms with Crippen molar-refractivity contribution in [2.75, 3.05) is 12.4 Å². The topological polar surface area (TPSA) is 49.4 Å². The highest BCUT2D eigenvalue weighted by Gasteiger charge is 2.14. The van der Waals surface area contributed by atoms with Gasteiger partial charge in [0, 0.05) is 30.4 Å². The van der Waals surface area contributed by atoms with Crippen LogP contribution in [-0.2, 0) is 6.54 Å². The number of rotatable bonds is 5. The van der Waals surface area contributed by atoms with Crippen LogP contribution in [0.4, 0.5) is 5.69 Å². The zero-order chi connectivity index (χ0) is 19.2. The van der Waals surface area contributed by atoms with Gasteiger partial charge in [0.25, 0.3) is 11.8 Å². The van der Waals surface area contributed by atoms with Gasteiger partial charge in [-0.2, -0.15) is 0 Å². The summed E-state index contributed by atoms with van der Waals surface area (Å²) in [6, 6.07) is 24.2. The van der Waals surface area contributed by atoms with E-state index in [1.54, 1.807) is 36.2 Å². The number of nitrogens with zero attached hydrogens (tertiary/aromatic N) is 1. The highest BCUT2D eigenvalue weighted by molar-refractivity contribution is 6.06. The van der Waals surface area contributed by atoms with Crippen LogP contribution < -0.4 is 5.32 Å². The lowest BCUT2D eigenvalue weighted by atomic mass is 10.1. The average molecular weight is 358 g/mol. The van der Waals surface area contributed by atoms with E-state index in [0.29, 0.717) is 17.7 Å². The number of hydrogen-bond donors (Lipinski definition) is 1. The monoisotopic (exact) mass is 358 g/mol. The number of carbonyl (C=O) groups excluding carboxylic acids is 2. The molecule has 136 valence electrons. The fraction of sp³-hybridized carbons (Fsp3) is 0.130. The van der Waals surface area contributed by atoms with Gasteiger partial charge in [-0.05, 0) is 48.4 Å². The van der Waals surface area contributed by atoms with Crippen molar-refractivity contribution in [3.63, 3.8) is 0 Å². The van der Waals surface area contributed by atoms with Gasteiger partial charge in [-0.25, -0.2) is 0 Å². The molecule has 0 atom stereocenters. The van der Waals surface area contributed by atoms with Gasteiger partial charge in [0.1, 0.15) is 0 Å². The number of benzene rings is 3. The zero-order valence-electron chi connectivity index (χ0n) is 15.5. The Labute approximate surface area is 159 Å². The number of carbonyl (C=O) groups is 2. The molecule has 0 aliphatic rings. The Morgan fingerprint density at radius 2 is 1.56 bits per heavy atom. The molecule has 3 aromatic rings. The third-order valence-corrected chi connectivity index (χ3v) is 4.26. The van der Waals surface area contributed by atoms with Crippen molar-refractivity contribution < 1.29 is 9.59 Å². The minimum Gasteiger partial charge on any atom is -0.337 e. The van der Waals surface area contributed by atoms with E-state index in [2.05, 4.69) is 5.32 Å². The summed E-state index contributed by atoms with van der Waals surface area (Å²) >= 11 is 0. The molecule has 0 fully saturated rings. The molecule has 2 amide bonds. The van der Waals surface area contributed by atoms with Gasteiger partial charge in [0.2, 0.25) is 0 Å². The molecule has 3 rings (SSSR count). The maximum atomic E-state index is 12.7. The van der Waals surface area contributed by atoms with Gasteiger partial charge in [-0.3, -0.25) is 9.59 Å². The van der Waals surface area contributed by atoms with Crippen LogP contribution in [0.25, 0.3) is 0 Å². The highest BCUT2D eigenvalue weighted by atomic mass is 16.2. The Bertz CT molecular complexity index is 951. The molecule has 0 aliphatic heterocycles. The van der Waals surface area contributed by atoms with Gasteiger partial charge in [-0.1, -0.05) is 48.5 Å². The Kier molecular flexibility index (Phi) is 5.67. The van der Waals surface area contributed by atoms with E-state index in [1.807, 2.05) is 61.5 Å². The van der Waals surface area contributed by atoms with E-state index < -0.39 is 0 Å². The third-order valence-electron chi connectivity index (χ3n) is 4.26. The maximum absolute atomic E-state index is 12.7. The Morgan fingerprint density at radius 3 is 2.30 bits per heavy atom. The second kappa shape index (κ2) is 8.32. The van der Waals surface area contributed by atoms with Crippen LogP contribution in [0.5, 0.6) is 0 Å². The lowest BCUT2D eigenvalue weighted by molar-refractivity contribution is 0.0785. The molecule has 0 unspecified atom stereocenters. The van der Waals surface area contributed by atoms with Crippen LogP contribution in [0.2, 0.25) is 0 Å². The van der Waals surface area contributed by atoms with Crippen LogP contribution in [0.15, 0.2) is 78.9 Å². The van der Waals surface area contributed by atoms with Gasteiger partial charge < -0.3 is 10.2 Å². The molecule has 3 aromatic carbocycles. The van der Waals surface area contributed by atoms with Gasteiger partial charge in [0.05, 0.1) is 0 Å². The van der Waals surface area contributed by atoms with Crippen LogP contribution in [-0.4, -0.2) is 23.8 Å². The smallest absolute Gasteiger partial charge is 0.255 e. The molecule has 0 saturated carbocycles. The number of hydrogen-bond acceptors (Lipinski definition) is 2. The molecule has 0 heterocycles. The first-order chi connectivity index (χ1) is 13.0. The zero-order valence-corrected chi connectivity index (χ0v) is 15.5. The predicted molar refractivity (Wildman–Crippen MR) is 108 cm³/mol. The maximum Gasteiger partial charge on any atom is 0.255 e. The van der Waals surface area contributed by atoms with Crippen LogP contribution in [0.3, 0.4) is 0 Å². The summed E-state index contributed by atoms with van der Waals surface area (Å²) in [4.78, 5) is 26.9. The summed E-state index contributed by atoms with van der Waals surface area (Å²) in [6.45, 7) is 2.48. The minimum absolute atomic E-state index is 0.121. The van der Waals surface area contributed by atoms with Crippen molar-refractivity contribution in [1.29, 1.82) is 0 Å². The second-order valence-electron chi connectivity index (χ2n) is 6.55. The molecule has 0 aliphatic carbocycles. The summed E-state index contributed by atoms with van der Waals surface area (Å²) in [6.07, 6.45) is 0. The average Bonchev–Trinajstić information content (AvgIpc) is 2.68. The first-order valence-electron chi connectivity index (χ1n) is 8.80. The Balaban J connectivity index is 1.72. The van der Waals surface area contributed by atoms with Crippen LogP contribution in [0, 0.1) is 6.92 Å². The summed E-state index contributed by atoms with van der Waals surface area (Å²) < 4.78 is 0. The summed E-state index contributed by atoms with van der Waals surface area (Å²) in [5.41, 5.74) is 3.81. The first-order valence-corrected chi connectivity index (χ1v) is 8.80. The number of amides is 2. The van der Waals surface area contributed by atoms with Crippen molar-refractivity contribution in [1.82, 2.24) is 4.90 Å². The lowest BCUT2D eigenvalue weighted by Gasteiger charge is -2.17. The standard InChI is InChI=1S/C23H22N2O2/c1-17-8-6-13-21(14-17)24-22(26)19-11-7-12-20(15-19)23(27)25(2)16-18-9-4-3-5-10-18/h3-15H,16H2,1-2H3,(H,24,26). The van der Waals surface area contributed by atoms with E-state index in [1.165, 1.54) is 0 Å². The molecule has 0 aromatic heterocycles. The fourth-order valence-electron chi connectivity index (χ4n) is 2.87. The van der Waals surface area contributed by atoms with E-state index in [4.69, 9.17) is 0 Å². The van der Waals surface area contributed by atoms with Crippen molar-refractivity contribution in [2.24, 2.45) is 0 Å². The molecule has 0 bridgehead atoms. The van der Waals surface area contributed by atoms with E-state index in [0.717, 1.165) is 16.8 Å². The fourth-order valence-corrected chi connectivity index (χ4v) is 2.87. The quantitative estimate of drug-likeness (QED) is 0.729. The first kappa shape index (κ1) is 18.4. The third kappa shape index (κ3) is 4.82. The van der Waals surface area contributed by atoms with Gasteiger partial charge in [-0.15, -0.1) is 0 Å².